The summed E-state index contributed by atoms with van der Waals surface area (Å²) in [4.78, 5) is 14.4. The van der Waals surface area contributed by atoms with Crippen LogP contribution in [-0.4, -0.2) is 55.4 Å². The molecule has 17 heavy (non-hydrogen) atoms. The molecule has 2 aliphatic rings. The van der Waals surface area contributed by atoms with Gasteiger partial charge in [-0.1, -0.05) is 6.92 Å². The second kappa shape index (κ2) is 5.33. The number of morpholine rings is 1. The van der Waals surface area contributed by atoms with Gasteiger partial charge in [-0.05, 0) is 19.3 Å². The summed E-state index contributed by atoms with van der Waals surface area (Å²) in [5.74, 6) is 0.0796. The fourth-order valence-corrected chi connectivity index (χ4v) is 2.50. The van der Waals surface area contributed by atoms with Crippen molar-refractivity contribution in [1.29, 1.82) is 0 Å². The Labute approximate surface area is 102 Å². The summed E-state index contributed by atoms with van der Waals surface area (Å²) < 4.78 is 10.7. The van der Waals surface area contributed by atoms with Crippen molar-refractivity contribution in [3.05, 3.63) is 0 Å². The van der Waals surface area contributed by atoms with E-state index in [1.807, 2.05) is 4.90 Å². The first kappa shape index (κ1) is 12.8. The molecule has 98 valence electrons. The van der Waals surface area contributed by atoms with Crippen LogP contribution in [0.15, 0.2) is 0 Å². The van der Waals surface area contributed by atoms with Crippen LogP contribution < -0.4 is 5.73 Å². The Morgan fingerprint density at radius 3 is 2.71 bits per heavy atom. The highest BCUT2D eigenvalue weighted by molar-refractivity contribution is 5.86. The van der Waals surface area contributed by atoms with Gasteiger partial charge in [0.15, 0.2) is 0 Å². The number of carbonyl (C=O) groups excluding carboxylic acids is 1. The van der Waals surface area contributed by atoms with Crippen LogP contribution in [0, 0.1) is 0 Å². The molecular formula is C12H22N2O3. The highest BCUT2D eigenvalue weighted by Gasteiger charge is 2.41. The molecule has 2 rings (SSSR count). The maximum atomic E-state index is 12.5. The van der Waals surface area contributed by atoms with Gasteiger partial charge in [0.05, 0.1) is 24.8 Å². The molecule has 5 nitrogen and oxygen atoms in total. The largest absolute Gasteiger partial charge is 0.381 e. The Kier molecular flexibility index (Phi) is 4.01. The number of carbonyl (C=O) groups is 1. The van der Waals surface area contributed by atoms with E-state index in [4.69, 9.17) is 15.2 Å². The second-order valence-electron chi connectivity index (χ2n) is 4.90. The molecule has 2 fully saturated rings. The third kappa shape index (κ3) is 2.61. The molecule has 0 saturated carbocycles. The van der Waals surface area contributed by atoms with Gasteiger partial charge < -0.3 is 20.1 Å². The van der Waals surface area contributed by atoms with Gasteiger partial charge in [-0.3, -0.25) is 4.79 Å². The van der Waals surface area contributed by atoms with E-state index in [0.29, 0.717) is 45.8 Å². The molecule has 1 atom stereocenters. The summed E-state index contributed by atoms with van der Waals surface area (Å²) in [7, 11) is 0. The van der Waals surface area contributed by atoms with Crippen LogP contribution in [-0.2, 0) is 14.3 Å². The summed E-state index contributed by atoms with van der Waals surface area (Å²) in [6, 6.07) is 0.180. The maximum absolute atomic E-state index is 12.5. The monoisotopic (exact) mass is 242 g/mol. The van der Waals surface area contributed by atoms with E-state index in [9.17, 15) is 4.79 Å². The van der Waals surface area contributed by atoms with Crippen LogP contribution in [0.5, 0.6) is 0 Å². The lowest BCUT2D eigenvalue weighted by Gasteiger charge is -2.42. The minimum atomic E-state index is -0.719. The van der Waals surface area contributed by atoms with Crippen molar-refractivity contribution >= 4 is 5.91 Å². The molecule has 0 aromatic rings. The molecule has 0 bridgehead atoms. The minimum Gasteiger partial charge on any atom is -0.381 e. The van der Waals surface area contributed by atoms with Gasteiger partial charge in [0.2, 0.25) is 5.91 Å². The average molecular weight is 242 g/mol. The van der Waals surface area contributed by atoms with Crippen LogP contribution in [0.25, 0.3) is 0 Å². The molecule has 0 spiro atoms. The fraction of sp³-hybridized carbons (Fsp3) is 0.917. The van der Waals surface area contributed by atoms with Crippen molar-refractivity contribution in [3.63, 3.8) is 0 Å². The van der Waals surface area contributed by atoms with Gasteiger partial charge in [-0.25, -0.2) is 0 Å². The van der Waals surface area contributed by atoms with Crippen LogP contribution >= 0.6 is 0 Å². The smallest absolute Gasteiger partial charge is 0.243 e. The molecule has 0 aromatic carbocycles. The third-order valence-electron chi connectivity index (χ3n) is 3.77. The average Bonchev–Trinajstić information content (AvgIpc) is 2.38. The van der Waals surface area contributed by atoms with E-state index in [2.05, 4.69) is 6.92 Å². The number of rotatable bonds is 2. The summed E-state index contributed by atoms with van der Waals surface area (Å²) in [5.41, 5.74) is 5.52. The number of hydrogen-bond acceptors (Lipinski definition) is 4. The zero-order valence-electron chi connectivity index (χ0n) is 10.5. The van der Waals surface area contributed by atoms with Gasteiger partial charge in [-0.15, -0.1) is 0 Å². The van der Waals surface area contributed by atoms with Gasteiger partial charge in [0, 0.05) is 19.8 Å². The van der Waals surface area contributed by atoms with Gasteiger partial charge in [-0.2, -0.15) is 0 Å². The Morgan fingerprint density at radius 2 is 2.06 bits per heavy atom. The number of nitrogens with zero attached hydrogens (tertiary/aromatic N) is 1. The van der Waals surface area contributed by atoms with Gasteiger partial charge in [0.25, 0.3) is 0 Å². The lowest BCUT2D eigenvalue weighted by molar-refractivity contribution is -0.149. The summed E-state index contributed by atoms with van der Waals surface area (Å²) in [6.07, 6.45) is 2.16. The quantitative estimate of drug-likeness (QED) is 0.747. The summed E-state index contributed by atoms with van der Waals surface area (Å²) >= 11 is 0. The van der Waals surface area contributed by atoms with E-state index in [-0.39, 0.29) is 11.9 Å². The van der Waals surface area contributed by atoms with E-state index >= 15 is 0 Å². The van der Waals surface area contributed by atoms with Crippen molar-refractivity contribution in [3.8, 4) is 0 Å². The topological polar surface area (TPSA) is 64.8 Å². The fourth-order valence-electron chi connectivity index (χ4n) is 2.50. The number of ether oxygens (including phenoxy) is 2. The van der Waals surface area contributed by atoms with Crippen molar-refractivity contribution in [2.24, 2.45) is 5.73 Å². The molecule has 2 N–H and O–H groups in total. The van der Waals surface area contributed by atoms with Crippen LogP contribution in [0.3, 0.4) is 0 Å². The van der Waals surface area contributed by atoms with E-state index in [1.165, 1.54) is 0 Å². The normalized spacial score (nSPS) is 29.1. The first-order chi connectivity index (χ1) is 8.17. The van der Waals surface area contributed by atoms with Crippen LogP contribution in [0.1, 0.15) is 26.2 Å². The maximum Gasteiger partial charge on any atom is 0.243 e. The molecule has 2 aliphatic heterocycles. The molecule has 1 unspecified atom stereocenters. The van der Waals surface area contributed by atoms with Crippen molar-refractivity contribution < 1.29 is 14.3 Å². The summed E-state index contributed by atoms with van der Waals surface area (Å²) in [5, 5.41) is 0. The molecule has 0 radical (unpaired) electrons. The zero-order chi connectivity index (χ0) is 12.3. The van der Waals surface area contributed by atoms with E-state index in [1.54, 1.807) is 0 Å². The predicted octanol–water partition coefficient (Wildman–Crippen LogP) is 0.132. The van der Waals surface area contributed by atoms with Crippen LogP contribution in [0.4, 0.5) is 0 Å². The molecule has 2 heterocycles. The lowest BCUT2D eigenvalue weighted by atomic mass is 9.89. The first-order valence-corrected chi connectivity index (χ1v) is 6.43. The van der Waals surface area contributed by atoms with Crippen molar-refractivity contribution in [2.75, 3.05) is 33.0 Å². The molecule has 5 heteroatoms. The van der Waals surface area contributed by atoms with Gasteiger partial charge in [0.1, 0.15) is 0 Å². The van der Waals surface area contributed by atoms with E-state index in [0.717, 1.165) is 6.42 Å². The first-order valence-electron chi connectivity index (χ1n) is 6.43. The third-order valence-corrected chi connectivity index (χ3v) is 3.77. The molecule has 2 saturated heterocycles. The number of hydrogen-bond donors (Lipinski definition) is 1. The highest BCUT2D eigenvalue weighted by atomic mass is 16.5. The van der Waals surface area contributed by atoms with Gasteiger partial charge >= 0.3 is 0 Å². The Morgan fingerprint density at radius 1 is 1.35 bits per heavy atom. The minimum absolute atomic E-state index is 0.0796. The Hall–Kier alpha value is -0.650. The highest BCUT2D eigenvalue weighted by Crippen LogP contribution is 2.23. The lowest BCUT2D eigenvalue weighted by Crippen LogP contribution is -2.62. The Balaban J connectivity index is 2.06. The number of amides is 1. The molecule has 0 aromatic heterocycles. The molecule has 0 aliphatic carbocycles. The molecular weight excluding hydrogens is 220 g/mol. The van der Waals surface area contributed by atoms with Crippen LogP contribution in [0.2, 0.25) is 0 Å². The zero-order valence-corrected chi connectivity index (χ0v) is 10.5. The van der Waals surface area contributed by atoms with E-state index < -0.39 is 5.54 Å². The second-order valence-corrected chi connectivity index (χ2v) is 4.90. The number of nitrogens with two attached hydrogens (primary N) is 1. The standard InChI is InChI=1S/C12H22N2O3/c1-2-10-9-17-8-5-14(10)11(15)12(13)3-6-16-7-4-12/h10H,2-9,13H2,1H3. The SMILES string of the molecule is CCC1COCCN1C(=O)C1(N)CCOCC1. The summed E-state index contributed by atoms with van der Waals surface area (Å²) in [6.45, 7) is 5.17. The van der Waals surface area contributed by atoms with Crippen molar-refractivity contribution in [2.45, 2.75) is 37.8 Å². The Bertz CT molecular complexity index is 277. The van der Waals surface area contributed by atoms with Crippen molar-refractivity contribution in [1.82, 2.24) is 4.90 Å². The molecule has 1 amide bonds. The predicted molar refractivity (Wildman–Crippen MR) is 63.6 cm³/mol.